The molecule has 2 nitrogen and oxygen atoms in total. The first-order chi connectivity index (χ1) is 5.68. The van der Waals surface area contributed by atoms with Gasteiger partial charge < -0.3 is 10.2 Å². The topological polar surface area (TPSA) is 40.5 Å². The van der Waals surface area contributed by atoms with Gasteiger partial charge in [-0.15, -0.1) is 12.6 Å². The van der Waals surface area contributed by atoms with E-state index in [1.165, 1.54) is 11.3 Å². The molecule has 0 bridgehead atoms. The zero-order chi connectivity index (χ0) is 8.72. The maximum Gasteiger partial charge on any atom is 0.172 e. The first-order valence-electron chi connectivity index (χ1n) is 3.32. The molecule has 1 aromatic heterocycles. The smallest absolute Gasteiger partial charge is 0.172 e. The van der Waals surface area contributed by atoms with Crippen molar-refractivity contribution in [2.75, 3.05) is 0 Å². The normalized spacial score (nSPS) is 10.8. The first kappa shape index (κ1) is 7.76. The number of phenols is 1. The van der Waals surface area contributed by atoms with Crippen molar-refractivity contribution in [2.45, 2.75) is 4.90 Å². The van der Waals surface area contributed by atoms with Crippen LogP contribution in [0.2, 0.25) is 0 Å². The molecular weight excluding hydrogens is 192 g/mol. The second-order valence-corrected chi connectivity index (χ2v) is 3.91. The molecule has 0 saturated carbocycles. The summed E-state index contributed by atoms with van der Waals surface area (Å²) >= 11 is 5.34. The van der Waals surface area contributed by atoms with E-state index in [0.717, 1.165) is 10.1 Å². The molecule has 0 saturated heterocycles. The molecule has 0 unspecified atom stereocenters. The molecule has 2 N–H and O–H groups in total. The minimum Gasteiger partial charge on any atom is -0.507 e. The number of benzene rings is 1. The molecule has 0 aliphatic carbocycles. The molecule has 0 aliphatic rings. The Labute approximate surface area is 78.5 Å². The van der Waals surface area contributed by atoms with E-state index in [9.17, 15) is 10.2 Å². The number of aromatic hydroxyl groups is 2. The van der Waals surface area contributed by atoms with Gasteiger partial charge in [0.15, 0.2) is 5.06 Å². The average Bonchev–Trinajstić information content (AvgIpc) is 2.39. The molecule has 0 fully saturated rings. The standard InChI is InChI=1S/C8H6O2S2/c9-5-2-1-4-3-6(10)12-8(4)7(5)11/h1-3,9-11H. The van der Waals surface area contributed by atoms with E-state index in [-0.39, 0.29) is 10.8 Å². The summed E-state index contributed by atoms with van der Waals surface area (Å²) in [7, 11) is 0. The van der Waals surface area contributed by atoms with Gasteiger partial charge in [0.1, 0.15) is 5.75 Å². The van der Waals surface area contributed by atoms with Gasteiger partial charge in [0, 0.05) is 0 Å². The van der Waals surface area contributed by atoms with E-state index in [1.807, 2.05) is 0 Å². The summed E-state index contributed by atoms with van der Waals surface area (Å²) in [6.45, 7) is 0. The number of thiol groups is 1. The van der Waals surface area contributed by atoms with Crippen molar-refractivity contribution in [3.05, 3.63) is 18.2 Å². The fraction of sp³-hybridized carbons (Fsp3) is 0. The quantitative estimate of drug-likeness (QED) is 0.569. The van der Waals surface area contributed by atoms with E-state index < -0.39 is 0 Å². The lowest BCUT2D eigenvalue weighted by Crippen LogP contribution is -1.68. The highest BCUT2D eigenvalue weighted by Gasteiger charge is 2.06. The third-order valence-electron chi connectivity index (χ3n) is 1.63. The molecule has 0 amide bonds. The fourth-order valence-corrected chi connectivity index (χ4v) is 2.25. The molecule has 2 aromatic rings. The second-order valence-electron chi connectivity index (χ2n) is 2.44. The van der Waals surface area contributed by atoms with Gasteiger partial charge in [-0.25, -0.2) is 0 Å². The minimum atomic E-state index is 0.146. The van der Waals surface area contributed by atoms with Gasteiger partial charge in [0.2, 0.25) is 0 Å². The van der Waals surface area contributed by atoms with Crippen LogP contribution in [0.25, 0.3) is 10.1 Å². The molecule has 0 aliphatic heterocycles. The van der Waals surface area contributed by atoms with Gasteiger partial charge in [-0.1, -0.05) is 11.3 Å². The maximum atomic E-state index is 9.28. The number of phenolic OH excluding ortho intramolecular Hbond substituents is 1. The molecule has 0 radical (unpaired) electrons. The number of rotatable bonds is 0. The Morgan fingerprint density at radius 2 is 2.00 bits per heavy atom. The summed E-state index contributed by atoms with van der Waals surface area (Å²) in [5.41, 5.74) is 0. The van der Waals surface area contributed by atoms with Crippen LogP contribution in [0.5, 0.6) is 10.8 Å². The summed E-state index contributed by atoms with van der Waals surface area (Å²) in [4.78, 5) is 0.526. The van der Waals surface area contributed by atoms with E-state index in [1.54, 1.807) is 18.2 Å². The van der Waals surface area contributed by atoms with Crippen LogP contribution in [0.15, 0.2) is 23.1 Å². The van der Waals surface area contributed by atoms with Crippen molar-refractivity contribution < 1.29 is 10.2 Å². The molecule has 62 valence electrons. The van der Waals surface area contributed by atoms with Crippen LogP contribution >= 0.6 is 24.0 Å². The van der Waals surface area contributed by atoms with Gasteiger partial charge >= 0.3 is 0 Å². The van der Waals surface area contributed by atoms with Crippen molar-refractivity contribution in [2.24, 2.45) is 0 Å². The highest BCUT2D eigenvalue weighted by molar-refractivity contribution is 7.81. The van der Waals surface area contributed by atoms with Crippen molar-refractivity contribution in [3.63, 3.8) is 0 Å². The van der Waals surface area contributed by atoms with Gasteiger partial charge in [-0.05, 0) is 23.6 Å². The van der Waals surface area contributed by atoms with Crippen molar-refractivity contribution in [3.8, 4) is 10.8 Å². The van der Waals surface area contributed by atoms with E-state index in [4.69, 9.17) is 0 Å². The Balaban J connectivity index is 2.89. The SMILES string of the molecule is Oc1cc2ccc(O)c(S)c2s1. The van der Waals surface area contributed by atoms with Crippen LogP contribution in [0, 0.1) is 0 Å². The van der Waals surface area contributed by atoms with E-state index >= 15 is 0 Å². The number of thiophene rings is 1. The lowest BCUT2D eigenvalue weighted by molar-refractivity contribution is 0.464. The van der Waals surface area contributed by atoms with Crippen LogP contribution in [0.4, 0.5) is 0 Å². The van der Waals surface area contributed by atoms with Crippen molar-refractivity contribution >= 4 is 34.1 Å². The molecule has 0 atom stereocenters. The largest absolute Gasteiger partial charge is 0.507 e. The van der Waals surface area contributed by atoms with Crippen LogP contribution in [0.1, 0.15) is 0 Å². The van der Waals surface area contributed by atoms with E-state index in [2.05, 4.69) is 12.6 Å². The van der Waals surface area contributed by atoms with Gasteiger partial charge in [0.05, 0.1) is 9.60 Å². The zero-order valence-electron chi connectivity index (χ0n) is 5.98. The molecule has 12 heavy (non-hydrogen) atoms. The van der Waals surface area contributed by atoms with Crippen LogP contribution < -0.4 is 0 Å². The molecule has 1 heterocycles. The molecule has 1 aromatic carbocycles. The third kappa shape index (κ3) is 1.04. The van der Waals surface area contributed by atoms with Crippen LogP contribution in [0.3, 0.4) is 0 Å². The predicted octanol–water partition coefficient (Wildman–Crippen LogP) is 2.60. The Kier molecular flexibility index (Phi) is 1.66. The second kappa shape index (κ2) is 2.57. The fourth-order valence-electron chi connectivity index (χ4n) is 1.06. The third-order valence-corrected chi connectivity index (χ3v) is 3.20. The summed E-state index contributed by atoms with van der Waals surface area (Å²) in [6, 6.07) is 4.97. The van der Waals surface area contributed by atoms with Crippen molar-refractivity contribution in [1.29, 1.82) is 0 Å². The summed E-state index contributed by atoms with van der Waals surface area (Å²) in [5.74, 6) is 0.146. The van der Waals surface area contributed by atoms with E-state index in [0.29, 0.717) is 4.90 Å². The summed E-state index contributed by atoms with van der Waals surface area (Å²) in [5, 5.41) is 19.6. The Bertz CT molecular complexity index is 434. The number of fused-ring (bicyclic) bond motifs is 1. The monoisotopic (exact) mass is 198 g/mol. The average molecular weight is 198 g/mol. The predicted molar refractivity (Wildman–Crippen MR) is 52.4 cm³/mol. The summed E-state index contributed by atoms with van der Waals surface area (Å²) < 4.78 is 0.816. The Morgan fingerprint density at radius 3 is 2.75 bits per heavy atom. The summed E-state index contributed by atoms with van der Waals surface area (Å²) in [6.07, 6.45) is 0. The van der Waals surface area contributed by atoms with Gasteiger partial charge in [0.25, 0.3) is 0 Å². The highest BCUT2D eigenvalue weighted by atomic mass is 32.1. The zero-order valence-corrected chi connectivity index (χ0v) is 7.69. The Morgan fingerprint density at radius 1 is 1.25 bits per heavy atom. The van der Waals surface area contributed by atoms with Gasteiger partial charge in [-0.3, -0.25) is 0 Å². The lowest BCUT2D eigenvalue weighted by Gasteiger charge is -1.96. The molecule has 4 heteroatoms. The molecule has 0 spiro atoms. The van der Waals surface area contributed by atoms with Crippen molar-refractivity contribution in [1.82, 2.24) is 0 Å². The Hall–Kier alpha value is -0.870. The van der Waals surface area contributed by atoms with Gasteiger partial charge in [-0.2, -0.15) is 0 Å². The highest BCUT2D eigenvalue weighted by Crippen LogP contribution is 2.38. The minimum absolute atomic E-state index is 0.146. The first-order valence-corrected chi connectivity index (χ1v) is 4.58. The maximum absolute atomic E-state index is 9.28. The number of hydrogen-bond acceptors (Lipinski definition) is 4. The molecule has 2 rings (SSSR count). The van der Waals surface area contributed by atoms with Crippen LogP contribution in [-0.4, -0.2) is 10.2 Å². The molecular formula is C8H6O2S2. The number of hydrogen-bond donors (Lipinski definition) is 3. The lowest BCUT2D eigenvalue weighted by atomic mass is 10.2. The van der Waals surface area contributed by atoms with Crippen LogP contribution in [-0.2, 0) is 0 Å².